The number of aliphatic hydroxyl groups excluding tert-OH is 1. The van der Waals surface area contributed by atoms with Crippen molar-refractivity contribution < 1.29 is 29.0 Å². The monoisotopic (exact) mass is 535 g/mol. The average Bonchev–Trinajstić information content (AvgIpc) is 3.25. The first kappa shape index (κ1) is 26.1. The van der Waals surface area contributed by atoms with Gasteiger partial charge in [0.05, 0.1) is 31.2 Å². The molecule has 208 valence electrons. The highest BCUT2D eigenvalue weighted by Crippen LogP contribution is 2.53. The lowest BCUT2D eigenvalue weighted by atomic mass is 9.77. The van der Waals surface area contributed by atoms with Gasteiger partial charge in [0.2, 0.25) is 17.7 Å². The van der Waals surface area contributed by atoms with Crippen molar-refractivity contribution in [3.63, 3.8) is 0 Å². The number of β-amino-alcohol motifs (C(OH)–C–C–N with tert-alkyl or cyclic N) is 1. The van der Waals surface area contributed by atoms with Crippen molar-refractivity contribution in [1.82, 2.24) is 9.80 Å². The SMILES string of the molecule is CCOc1ccc(N2CC=C[C@H]3O[C@]45C=CCN(C6CCCCC6)C(=O)C4N(CCO)C(=O)[C@@H]5[C@H]3C2=O)cc1. The van der Waals surface area contributed by atoms with Crippen LogP contribution < -0.4 is 9.64 Å². The van der Waals surface area contributed by atoms with Gasteiger partial charge in [-0.3, -0.25) is 14.4 Å². The first-order valence-electron chi connectivity index (χ1n) is 14.3. The summed E-state index contributed by atoms with van der Waals surface area (Å²) in [4.78, 5) is 47.5. The van der Waals surface area contributed by atoms with E-state index in [0.29, 0.717) is 25.4 Å². The van der Waals surface area contributed by atoms with Gasteiger partial charge in [0, 0.05) is 31.4 Å². The zero-order valence-electron chi connectivity index (χ0n) is 22.4. The van der Waals surface area contributed by atoms with Gasteiger partial charge in [0.25, 0.3) is 0 Å². The number of amides is 3. The van der Waals surface area contributed by atoms with Gasteiger partial charge < -0.3 is 29.3 Å². The Bertz CT molecular complexity index is 1180. The van der Waals surface area contributed by atoms with Crippen LogP contribution in [0.25, 0.3) is 0 Å². The van der Waals surface area contributed by atoms with Gasteiger partial charge in [0.15, 0.2) is 0 Å². The molecule has 5 aliphatic rings. The molecule has 6 rings (SSSR count). The van der Waals surface area contributed by atoms with Crippen LogP contribution in [0.4, 0.5) is 5.69 Å². The van der Waals surface area contributed by atoms with Gasteiger partial charge in [-0.25, -0.2) is 0 Å². The summed E-state index contributed by atoms with van der Waals surface area (Å²) < 4.78 is 12.2. The number of aliphatic hydroxyl groups is 1. The fourth-order valence-electron chi connectivity index (χ4n) is 7.34. The highest BCUT2D eigenvalue weighted by atomic mass is 16.5. The standard InChI is InChI=1S/C30H37N3O6/c1-2-38-22-13-11-21(12-14-22)31-16-6-10-23-24(27(31)35)25-28(36)33(18-19-34)26-29(37)32(20-8-4-3-5-9-20)17-7-15-30(25,26)39-23/h6-7,10-15,20,23-26,34H,2-5,8-9,16-19H2,1H3/t23-,24+,25+,26?,30+/m1/s1. The minimum absolute atomic E-state index is 0.0210. The Balaban J connectivity index is 1.36. The molecule has 1 spiro atoms. The Hall–Kier alpha value is -3.17. The van der Waals surface area contributed by atoms with Crippen molar-refractivity contribution in [2.75, 3.05) is 37.7 Å². The fraction of sp³-hybridized carbons (Fsp3) is 0.567. The van der Waals surface area contributed by atoms with Gasteiger partial charge in [-0.15, -0.1) is 0 Å². The number of likely N-dealkylation sites (tertiary alicyclic amines) is 1. The third kappa shape index (κ3) is 4.17. The minimum atomic E-state index is -1.26. The van der Waals surface area contributed by atoms with E-state index >= 15 is 0 Å². The zero-order chi connectivity index (χ0) is 27.1. The smallest absolute Gasteiger partial charge is 0.249 e. The van der Waals surface area contributed by atoms with Crippen LogP contribution in [0, 0.1) is 11.8 Å². The second-order valence-corrected chi connectivity index (χ2v) is 11.1. The third-order valence-corrected chi connectivity index (χ3v) is 9.01. The van der Waals surface area contributed by atoms with Crippen LogP contribution in [0.3, 0.4) is 0 Å². The van der Waals surface area contributed by atoms with E-state index in [9.17, 15) is 19.5 Å². The van der Waals surface area contributed by atoms with Crippen LogP contribution in [0.1, 0.15) is 39.0 Å². The summed E-state index contributed by atoms with van der Waals surface area (Å²) in [7, 11) is 0. The molecular formula is C30H37N3O6. The molecular weight excluding hydrogens is 498 g/mol. The molecule has 9 nitrogen and oxygen atoms in total. The maximum atomic E-state index is 14.2. The largest absolute Gasteiger partial charge is 0.494 e. The molecule has 1 aromatic carbocycles. The van der Waals surface area contributed by atoms with E-state index in [1.165, 1.54) is 11.3 Å². The number of fused-ring (bicyclic) bond motifs is 2. The van der Waals surface area contributed by atoms with Gasteiger partial charge in [-0.1, -0.05) is 43.6 Å². The van der Waals surface area contributed by atoms with E-state index in [1.807, 2.05) is 60.4 Å². The summed E-state index contributed by atoms with van der Waals surface area (Å²) in [5, 5.41) is 9.87. The number of ether oxygens (including phenoxy) is 2. The van der Waals surface area contributed by atoms with Crippen LogP contribution in [-0.2, 0) is 19.1 Å². The second-order valence-electron chi connectivity index (χ2n) is 11.1. The molecule has 39 heavy (non-hydrogen) atoms. The molecule has 4 heterocycles. The topological polar surface area (TPSA) is 99.6 Å². The lowest BCUT2D eigenvalue weighted by Gasteiger charge is -2.39. The third-order valence-electron chi connectivity index (χ3n) is 9.01. The Kier molecular flexibility index (Phi) is 6.97. The summed E-state index contributed by atoms with van der Waals surface area (Å²) in [5.74, 6) is -1.58. The molecule has 4 aliphatic heterocycles. The summed E-state index contributed by atoms with van der Waals surface area (Å²) in [6, 6.07) is 6.57. The number of carbonyl (C=O) groups excluding carboxylic acids is 3. The Morgan fingerprint density at radius 3 is 2.49 bits per heavy atom. The highest BCUT2D eigenvalue weighted by Gasteiger charge is 2.71. The molecule has 1 N–H and O–H groups in total. The lowest BCUT2D eigenvalue weighted by Crippen LogP contribution is -2.57. The summed E-state index contributed by atoms with van der Waals surface area (Å²) in [5.41, 5.74) is -0.552. The van der Waals surface area contributed by atoms with Crippen LogP contribution >= 0.6 is 0 Å². The predicted molar refractivity (Wildman–Crippen MR) is 144 cm³/mol. The molecule has 0 bridgehead atoms. The molecule has 3 fully saturated rings. The van der Waals surface area contributed by atoms with E-state index in [0.717, 1.165) is 31.4 Å². The molecule has 0 radical (unpaired) electrons. The van der Waals surface area contributed by atoms with E-state index in [-0.39, 0.29) is 36.9 Å². The van der Waals surface area contributed by atoms with Crippen molar-refractivity contribution >= 4 is 23.4 Å². The van der Waals surface area contributed by atoms with Crippen molar-refractivity contribution in [2.24, 2.45) is 11.8 Å². The maximum Gasteiger partial charge on any atom is 0.249 e. The summed E-state index contributed by atoms with van der Waals surface area (Å²) in [6.07, 6.45) is 12.2. The maximum absolute atomic E-state index is 14.2. The molecule has 3 amide bonds. The van der Waals surface area contributed by atoms with Gasteiger partial charge in [-0.2, -0.15) is 0 Å². The Morgan fingerprint density at radius 2 is 1.77 bits per heavy atom. The number of rotatable bonds is 6. The molecule has 9 heteroatoms. The summed E-state index contributed by atoms with van der Waals surface area (Å²) in [6.45, 7) is 3.02. The number of anilines is 1. The number of benzene rings is 1. The van der Waals surface area contributed by atoms with E-state index in [4.69, 9.17) is 9.47 Å². The molecule has 0 aromatic heterocycles. The zero-order valence-corrected chi connectivity index (χ0v) is 22.4. The second kappa shape index (κ2) is 10.4. The molecule has 1 saturated carbocycles. The molecule has 1 aliphatic carbocycles. The Morgan fingerprint density at radius 1 is 1.00 bits per heavy atom. The first-order chi connectivity index (χ1) is 19.0. The molecule has 1 aromatic rings. The molecule has 2 saturated heterocycles. The van der Waals surface area contributed by atoms with Crippen LogP contribution in [0.5, 0.6) is 5.75 Å². The number of carbonyl (C=O) groups is 3. The predicted octanol–water partition coefficient (Wildman–Crippen LogP) is 2.29. The van der Waals surface area contributed by atoms with Crippen LogP contribution in [0.15, 0.2) is 48.6 Å². The highest BCUT2D eigenvalue weighted by molar-refractivity contribution is 6.03. The van der Waals surface area contributed by atoms with Crippen molar-refractivity contribution in [3.05, 3.63) is 48.6 Å². The van der Waals surface area contributed by atoms with Crippen LogP contribution in [0.2, 0.25) is 0 Å². The molecule has 1 unspecified atom stereocenters. The fourth-order valence-corrected chi connectivity index (χ4v) is 7.34. The number of nitrogens with zero attached hydrogens (tertiary/aromatic N) is 3. The minimum Gasteiger partial charge on any atom is -0.494 e. The lowest BCUT2D eigenvalue weighted by molar-refractivity contribution is -0.149. The van der Waals surface area contributed by atoms with Crippen molar-refractivity contribution in [2.45, 2.75) is 62.8 Å². The van der Waals surface area contributed by atoms with Crippen LogP contribution in [-0.4, -0.2) is 89.3 Å². The van der Waals surface area contributed by atoms with E-state index in [2.05, 4.69) is 0 Å². The summed E-state index contributed by atoms with van der Waals surface area (Å²) >= 11 is 0. The first-order valence-corrected chi connectivity index (χ1v) is 14.3. The van der Waals surface area contributed by atoms with Gasteiger partial charge in [0.1, 0.15) is 17.4 Å². The average molecular weight is 536 g/mol. The normalized spacial score (nSPS) is 32.7. The van der Waals surface area contributed by atoms with E-state index < -0.39 is 29.6 Å². The quantitative estimate of drug-likeness (QED) is 0.562. The Labute approximate surface area is 229 Å². The van der Waals surface area contributed by atoms with Crippen molar-refractivity contribution in [3.8, 4) is 5.75 Å². The van der Waals surface area contributed by atoms with Gasteiger partial charge in [-0.05, 0) is 44.0 Å². The number of hydrogen-bond acceptors (Lipinski definition) is 6. The molecule has 5 atom stereocenters. The van der Waals surface area contributed by atoms with Crippen molar-refractivity contribution in [1.29, 1.82) is 0 Å². The van der Waals surface area contributed by atoms with E-state index in [1.54, 1.807) is 4.90 Å². The van der Waals surface area contributed by atoms with Gasteiger partial charge >= 0.3 is 0 Å². The number of hydrogen-bond donors (Lipinski definition) is 1.